The number of carbonyl (C=O) groups is 1. The molecular formula is C9H15NO2. The first kappa shape index (κ1) is 8.05. The van der Waals surface area contributed by atoms with Crippen molar-refractivity contribution >= 4 is 5.97 Å². The molecule has 0 spiro atoms. The van der Waals surface area contributed by atoms with Gasteiger partial charge in [0.2, 0.25) is 0 Å². The first-order valence-electron chi connectivity index (χ1n) is 4.56. The van der Waals surface area contributed by atoms with Gasteiger partial charge in [0.15, 0.2) is 0 Å². The maximum absolute atomic E-state index is 10.7. The largest absolute Gasteiger partial charge is 0.480 e. The van der Waals surface area contributed by atoms with Crippen molar-refractivity contribution < 1.29 is 9.90 Å². The molecule has 0 radical (unpaired) electrons. The molecule has 12 heavy (non-hydrogen) atoms. The highest BCUT2D eigenvalue weighted by Gasteiger charge is 2.62. The molecule has 0 aromatic rings. The fourth-order valence-electron chi connectivity index (χ4n) is 2.43. The van der Waals surface area contributed by atoms with Crippen LogP contribution in [-0.4, -0.2) is 17.1 Å². The molecule has 3 atom stereocenters. The summed E-state index contributed by atoms with van der Waals surface area (Å²) in [7, 11) is 0. The van der Waals surface area contributed by atoms with Gasteiger partial charge in [-0.1, -0.05) is 6.92 Å². The second kappa shape index (κ2) is 2.22. The molecule has 2 rings (SSSR count). The molecule has 2 aliphatic carbocycles. The highest BCUT2D eigenvalue weighted by Crippen LogP contribution is 2.65. The Bertz CT molecular complexity index is 223. The molecule has 2 saturated carbocycles. The Balaban J connectivity index is 2.06. The first-order valence-corrected chi connectivity index (χ1v) is 4.56. The molecule has 0 saturated heterocycles. The highest BCUT2D eigenvalue weighted by molar-refractivity contribution is 5.75. The van der Waals surface area contributed by atoms with Crippen molar-refractivity contribution in [3.05, 3.63) is 0 Å². The average molecular weight is 169 g/mol. The predicted octanol–water partition coefficient (Wildman–Crippen LogP) is 0.834. The minimum atomic E-state index is -0.827. The maximum atomic E-state index is 10.7. The fraction of sp³-hybridized carbons (Fsp3) is 0.889. The van der Waals surface area contributed by atoms with Gasteiger partial charge in [0.25, 0.3) is 0 Å². The van der Waals surface area contributed by atoms with Crippen LogP contribution in [0.2, 0.25) is 0 Å². The van der Waals surface area contributed by atoms with E-state index < -0.39 is 12.0 Å². The fourth-order valence-corrected chi connectivity index (χ4v) is 2.43. The van der Waals surface area contributed by atoms with Gasteiger partial charge in [0, 0.05) is 0 Å². The maximum Gasteiger partial charge on any atom is 0.321 e. The van der Waals surface area contributed by atoms with Crippen LogP contribution in [-0.2, 0) is 4.79 Å². The molecule has 0 bridgehead atoms. The molecule has 3 heteroatoms. The molecule has 3 N–H and O–H groups in total. The smallest absolute Gasteiger partial charge is 0.321 e. The van der Waals surface area contributed by atoms with Gasteiger partial charge in [-0.2, -0.15) is 0 Å². The first-order chi connectivity index (χ1) is 5.58. The Labute approximate surface area is 71.9 Å². The van der Waals surface area contributed by atoms with E-state index in [4.69, 9.17) is 10.8 Å². The molecule has 0 amide bonds. The molecule has 0 aromatic carbocycles. The standard InChI is InChI=1S/C9H15NO2/c1-5-4-6(5)9(2-3-9)7(10)8(11)12/h5-7H,2-4,10H2,1H3,(H,11,12). The van der Waals surface area contributed by atoms with Crippen LogP contribution in [0.25, 0.3) is 0 Å². The molecule has 0 aromatic heterocycles. The van der Waals surface area contributed by atoms with Crippen molar-refractivity contribution in [3.63, 3.8) is 0 Å². The molecule has 0 aliphatic heterocycles. The van der Waals surface area contributed by atoms with E-state index in [1.165, 1.54) is 6.42 Å². The summed E-state index contributed by atoms with van der Waals surface area (Å²) in [5.74, 6) is 0.480. The Morgan fingerprint density at radius 1 is 1.67 bits per heavy atom. The highest BCUT2D eigenvalue weighted by atomic mass is 16.4. The summed E-state index contributed by atoms with van der Waals surface area (Å²) in [6, 6.07) is -0.618. The van der Waals surface area contributed by atoms with Crippen LogP contribution in [0.15, 0.2) is 0 Å². The SMILES string of the molecule is CC1CC1C1(C(N)C(=O)O)CC1. The third-order valence-electron chi connectivity index (χ3n) is 3.56. The third-order valence-corrected chi connectivity index (χ3v) is 3.56. The number of carboxylic acid groups (broad SMARTS) is 1. The monoisotopic (exact) mass is 169 g/mol. The minimum Gasteiger partial charge on any atom is -0.480 e. The van der Waals surface area contributed by atoms with E-state index in [1.807, 2.05) is 0 Å². The van der Waals surface area contributed by atoms with E-state index in [2.05, 4.69) is 6.92 Å². The minimum absolute atomic E-state index is 0.00868. The van der Waals surface area contributed by atoms with E-state index in [1.54, 1.807) is 0 Å². The second-order valence-electron chi connectivity index (χ2n) is 4.37. The predicted molar refractivity (Wildman–Crippen MR) is 44.5 cm³/mol. The van der Waals surface area contributed by atoms with Crippen LogP contribution in [0.4, 0.5) is 0 Å². The number of nitrogens with two attached hydrogens (primary N) is 1. The number of rotatable bonds is 3. The van der Waals surface area contributed by atoms with Crippen LogP contribution in [0.5, 0.6) is 0 Å². The van der Waals surface area contributed by atoms with Gasteiger partial charge in [-0.15, -0.1) is 0 Å². The molecule has 68 valence electrons. The van der Waals surface area contributed by atoms with E-state index in [9.17, 15) is 4.79 Å². The zero-order valence-corrected chi connectivity index (χ0v) is 7.29. The van der Waals surface area contributed by atoms with Crippen molar-refractivity contribution in [2.75, 3.05) is 0 Å². The summed E-state index contributed by atoms with van der Waals surface area (Å²) in [5.41, 5.74) is 5.65. The molecular weight excluding hydrogens is 154 g/mol. The summed E-state index contributed by atoms with van der Waals surface area (Å²) in [5, 5.41) is 8.80. The zero-order chi connectivity index (χ0) is 8.93. The quantitative estimate of drug-likeness (QED) is 0.658. The lowest BCUT2D eigenvalue weighted by atomic mass is 9.90. The van der Waals surface area contributed by atoms with E-state index in [0.717, 1.165) is 12.8 Å². The summed E-state index contributed by atoms with van der Waals surface area (Å²) < 4.78 is 0. The summed E-state index contributed by atoms with van der Waals surface area (Å²) >= 11 is 0. The van der Waals surface area contributed by atoms with Crippen LogP contribution >= 0.6 is 0 Å². The normalized spacial score (nSPS) is 38.8. The second-order valence-corrected chi connectivity index (χ2v) is 4.37. The van der Waals surface area contributed by atoms with Crippen molar-refractivity contribution in [2.24, 2.45) is 23.0 Å². The van der Waals surface area contributed by atoms with Gasteiger partial charge in [0.1, 0.15) is 6.04 Å². The summed E-state index contributed by atoms with van der Waals surface area (Å²) in [6.07, 6.45) is 3.23. The Kier molecular flexibility index (Phi) is 1.49. The van der Waals surface area contributed by atoms with E-state index in [-0.39, 0.29) is 5.41 Å². The van der Waals surface area contributed by atoms with Gasteiger partial charge in [-0.05, 0) is 36.5 Å². The van der Waals surface area contributed by atoms with Gasteiger partial charge in [-0.3, -0.25) is 4.79 Å². The number of carboxylic acids is 1. The third kappa shape index (κ3) is 0.959. The molecule has 3 unspecified atom stereocenters. The van der Waals surface area contributed by atoms with Crippen LogP contribution in [0.3, 0.4) is 0 Å². The van der Waals surface area contributed by atoms with E-state index >= 15 is 0 Å². The van der Waals surface area contributed by atoms with Crippen molar-refractivity contribution in [3.8, 4) is 0 Å². The topological polar surface area (TPSA) is 63.3 Å². The van der Waals surface area contributed by atoms with Crippen molar-refractivity contribution in [2.45, 2.75) is 32.2 Å². The lowest BCUT2D eigenvalue weighted by Gasteiger charge is -2.19. The lowest BCUT2D eigenvalue weighted by Crippen LogP contribution is -2.40. The number of hydrogen-bond acceptors (Lipinski definition) is 2. The Hall–Kier alpha value is -0.570. The summed E-state index contributed by atoms with van der Waals surface area (Å²) in [4.78, 5) is 10.7. The van der Waals surface area contributed by atoms with Crippen LogP contribution in [0, 0.1) is 17.3 Å². The Morgan fingerprint density at radius 2 is 2.17 bits per heavy atom. The molecule has 2 aliphatic rings. The van der Waals surface area contributed by atoms with E-state index in [0.29, 0.717) is 11.8 Å². The van der Waals surface area contributed by atoms with Crippen molar-refractivity contribution in [1.82, 2.24) is 0 Å². The summed E-state index contributed by atoms with van der Waals surface area (Å²) in [6.45, 7) is 2.18. The molecule has 3 nitrogen and oxygen atoms in total. The van der Waals surface area contributed by atoms with Gasteiger partial charge < -0.3 is 10.8 Å². The van der Waals surface area contributed by atoms with Gasteiger partial charge in [0.05, 0.1) is 0 Å². The van der Waals surface area contributed by atoms with Crippen molar-refractivity contribution in [1.29, 1.82) is 0 Å². The molecule has 0 heterocycles. The Morgan fingerprint density at radius 3 is 2.42 bits per heavy atom. The van der Waals surface area contributed by atoms with Crippen LogP contribution in [0.1, 0.15) is 26.2 Å². The van der Waals surface area contributed by atoms with Gasteiger partial charge >= 0.3 is 5.97 Å². The number of hydrogen-bond donors (Lipinski definition) is 2. The molecule has 2 fully saturated rings. The van der Waals surface area contributed by atoms with Crippen LogP contribution < -0.4 is 5.73 Å². The zero-order valence-electron chi connectivity index (χ0n) is 7.29. The van der Waals surface area contributed by atoms with Gasteiger partial charge in [-0.25, -0.2) is 0 Å². The average Bonchev–Trinajstić information content (AvgIpc) is 2.82. The lowest BCUT2D eigenvalue weighted by molar-refractivity contribution is -0.140. The number of aliphatic carboxylic acids is 1.